The van der Waals surface area contributed by atoms with Gasteiger partial charge in [-0.2, -0.15) is 0 Å². The molecule has 0 heterocycles. The fourth-order valence-electron chi connectivity index (χ4n) is 2.64. The summed E-state index contributed by atoms with van der Waals surface area (Å²) >= 11 is 0. The number of primary amides is 1. The van der Waals surface area contributed by atoms with E-state index in [1.54, 1.807) is 0 Å². The molecule has 1 aliphatic carbocycles. The zero-order valence-electron chi connectivity index (χ0n) is 11.7. The summed E-state index contributed by atoms with van der Waals surface area (Å²) in [4.78, 5) is 21.7. The first-order valence-corrected chi connectivity index (χ1v) is 6.96. The molecule has 1 amide bonds. The zero-order valence-corrected chi connectivity index (χ0v) is 11.7. The van der Waals surface area contributed by atoms with Crippen molar-refractivity contribution in [3.8, 4) is 0 Å². The van der Waals surface area contributed by atoms with Gasteiger partial charge < -0.3 is 16.2 Å². The molecule has 7 heteroatoms. The van der Waals surface area contributed by atoms with Gasteiger partial charge >= 0.3 is 0 Å². The monoisotopic (exact) mass is 293 g/mol. The number of aliphatic hydroxyl groups is 1. The summed E-state index contributed by atoms with van der Waals surface area (Å²) in [6.45, 7) is 0.218. The summed E-state index contributed by atoms with van der Waals surface area (Å²) in [5.41, 5.74) is 4.59. The first-order chi connectivity index (χ1) is 9.91. The molecule has 4 N–H and O–H groups in total. The maximum Gasteiger partial charge on any atom is 0.292 e. The fourth-order valence-corrected chi connectivity index (χ4v) is 2.64. The van der Waals surface area contributed by atoms with Crippen LogP contribution in [0.25, 0.3) is 0 Å². The van der Waals surface area contributed by atoms with Crippen LogP contribution in [-0.2, 0) is 0 Å². The van der Waals surface area contributed by atoms with Crippen LogP contribution in [0.4, 0.5) is 11.4 Å². The number of hydrogen-bond donors (Lipinski definition) is 3. The van der Waals surface area contributed by atoms with E-state index in [9.17, 15) is 20.0 Å². The van der Waals surface area contributed by atoms with Crippen LogP contribution in [0.3, 0.4) is 0 Å². The van der Waals surface area contributed by atoms with Crippen LogP contribution in [0, 0.1) is 10.1 Å². The minimum absolute atomic E-state index is 0.139. The molecule has 1 aliphatic rings. The number of nitrogens with two attached hydrogens (primary N) is 1. The maximum atomic E-state index is 11.2. The van der Waals surface area contributed by atoms with Crippen LogP contribution < -0.4 is 11.1 Å². The molecule has 1 aromatic rings. The minimum Gasteiger partial charge on any atom is -0.388 e. The molecule has 1 saturated carbocycles. The predicted octanol–water partition coefficient (Wildman–Crippen LogP) is 1.80. The number of nitrogens with one attached hydrogen (secondary N) is 1. The van der Waals surface area contributed by atoms with Gasteiger partial charge in [0.25, 0.3) is 5.69 Å². The van der Waals surface area contributed by atoms with Gasteiger partial charge in [-0.15, -0.1) is 0 Å². The van der Waals surface area contributed by atoms with Crippen LogP contribution in [0.15, 0.2) is 18.2 Å². The van der Waals surface area contributed by atoms with Gasteiger partial charge in [0.05, 0.1) is 10.5 Å². The van der Waals surface area contributed by atoms with Gasteiger partial charge in [0.2, 0.25) is 5.91 Å². The molecule has 0 aliphatic heterocycles. The Morgan fingerprint density at radius 2 is 2.05 bits per heavy atom. The Bertz CT molecular complexity index is 553. The molecule has 114 valence electrons. The van der Waals surface area contributed by atoms with E-state index in [2.05, 4.69) is 5.32 Å². The van der Waals surface area contributed by atoms with Crippen molar-refractivity contribution >= 4 is 17.3 Å². The second-order valence-corrected chi connectivity index (χ2v) is 5.49. The van der Waals surface area contributed by atoms with Crippen LogP contribution in [-0.4, -0.2) is 28.1 Å². The van der Waals surface area contributed by atoms with Gasteiger partial charge in [-0.1, -0.05) is 19.3 Å². The molecule has 0 unspecified atom stereocenters. The summed E-state index contributed by atoms with van der Waals surface area (Å²) < 4.78 is 0. The lowest BCUT2D eigenvalue weighted by Gasteiger charge is -2.32. The zero-order chi connectivity index (χ0) is 15.5. The van der Waals surface area contributed by atoms with Crippen molar-refractivity contribution in [1.29, 1.82) is 0 Å². The molecule has 0 saturated heterocycles. The Kier molecular flexibility index (Phi) is 4.42. The number of anilines is 1. The summed E-state index contributed by atoms with van der Waals surface area (Å²) in [7, 11) is 0. The van der Waals surface area contributed by atoms with E-state index in [1.807, 2.05) is 0 Å². The van der Waals surface area contributed by atoms with Crippen molar-refractivity contribution in [2.75, 3.05) is 11.9 Å². The van der Waals surface area contributed by atoms with E-state index >= 15 is 0 Å². The summed E-state index contributed by atoms with van der Waals surface area (Å²) in [5, 5.41) is 24.3. The third-order valence-electron chi connectivity index (χ3n) is 3.87. The smallest absolute Gasteiger partial charge is 0.292 e. The van der Waals surface area contributed by atoms with Crippen molar-refractivity contribution in [2.45, 2.75) is 37.7 Å². The fraction of sp³-hybridized carbons (Fsp3) is 0.500. The van der Waals surface area contributed by atoms with E-state index in [0.717, 1.165) is 19.3 Å². The molecular formula is C14H19N3O4. The standard InChI is InChI=1S/C14H19N3O4/c15-13(18)10-4-5-12(17(20)21)11(8-10)16-9-14(19)6-2-1-3-7-14/h4-5,8,16,19H,1-3,6-7,9H2,(H2,15,18). The molecule has 0 atom stereocenters. The van der Waals surface area contributed by atoms with Crippen molar-refractivity contribution in [1.82, 2.24) is 0 Å². The lowest BCUT2D eigenvalue weighted by molar-refractivity contribution is -0.384. The highest BCUT2D eigenvalue weighted by Gasteiger charge is 2.29. The number of nitro groups is 1. The third kappa shape index (κ3) is 3.69. The molecule has 0 radical (unpaired) electrons. The first kappa shape index (κ1) is 15.2. The summed E-state index contributed by atoms with van der Waals surface area (Å²) in [6, 6.07) is 3.92. The number of hydrogen-bond acceptors (Lipinski definition) is 5. The van der Waals surface area contributed by atoms with Gasteiger partial charge in [-0.3, -0.25) is 14.9 Å². The Labute approximate surface area is 122 Å². The van der Waals surface area contributed by atoms with Gasteiger partial charge in [0.15, 0.2) is 0 Å². The average Bonchev–Trinajstić information content (AvgIpc) is 2.45. The third-order valence-corrected chi connectivity index (χ3v) is 3.87. The average molecular weight is 293 g/mol. The summed E-state index contributed by atoms with van der Waals surface area (Å²) in [6.07, 6.45) is 4.33. The van der Waals surface area contributed by atoms with E-state index in [1.165, 1.54) is 18.2 Å². The molecule has 0 bridgehead atoms. The topological polar surface area (TPSA) is 118 Å². The number of amides is 1. The van der Waals surface area contributed by atoms with Crippen molar-refractivity contribution in [2.24, 2.45) is 5.73 Å². The molecule has 1 aromatic carbocycles. The Balaban J connectivity index is 2.18. The highest BCUT2D eigenvalue weighted by molar-refractivity contribution is 5.94. The SMILES string of the molecule is NC(=O)c1ccc([N+](=O)[O-])c(NCC2(O)CCCCC2)c1. The van der Waals surface area contributed by atoms with E-state index in [0.29, 0.717) is 12.8 Å². The lowest BCUT2D eigenvalue weighted by Crippen LogP contribution is -2.38. The number of nitro benzene ring substituents is 1. The van der Waals surface area contributed by atoms with Crippen LogP contribution >= 0.6 is 0 Å². The molecule has 2 rings (SSSR count). The van der Waals surface area contributed by atoms with Gasteiger partial charge in [0.1, 0.15) is 5.69 Å². The van der Waals surface area contributed by atoms with Crippen LogP contribution in [0.2, 0.25) is 0 Å². The van der Waals surface area contributed by atoms with Crippen LogP contribution in [0.5, 0.6) is 0 Å². The second-order valence-electron chi connectivity index (χ2n) is 5.49. The number of carbonyl (C=O) groups excluding carboxylic acids is 1. The van der Waals surface area contributed by atoms with Crippen molar-refractivity contribution < 1.29 is 14.8 Å². The quantitative estimate of drug-likeness (QED) is 0.565. The predicted molar refractivity (Wildman–Crippen MR) is 78.1 cm³/mol. The van der Waals surface area contributed by atoms with E-state index in [4.69, 9.17) is 5.73 Å². The molecule has 0 spiro atoms. The van der Waals surface area contributed by atoms with Gasteiger partial charge in [-0.05, 0) is 25.0 Å². The Morgan fingerprint density at radius 3 is 2.62 bits per heavy atom. The van der Waals surface area contributed by atoms with Gasteiger partial charge in [-0.25, -0.2) is 0 Å². The Hall–Kier alpha value is -2.15. The maximum absolute atomic E-state index is 11.2. The Morgan fingerprint density at radius 1 is 1.38 bits per heavy atom. The van der Waals surface area contributed by atoms with Crippen molar-refractivity contribution in [3.63, 3.8) is 0 Å². The highest BCUT2D eigenvalue weighted by Crippen LogP contribution is 2.30. The molecule has 1 fully saturated rings. The minimum atomic E-state index is -0.852. The molecule has 0 aromatic heterocycles. The number of benzene rings is 1. The van der Waals surface area contributed by atoms with E-state index in [-0.39, 0.29) is 23.5 Å². The summed E-state index contributed by atoms with van der Waals surface area (Å²) in [5.74, 6) is -0.649. The lowest BCUT2D eigenvalue weighted by atomic mass is 9.85. The number of rotatable bonds is 5. The first-order valence-electron chi connectivity index (χ1n) is 6.96. The normalized spacial score (nSPS) is 17.2. The molecular weight excluding hydrogens is 274 g/mol. The van der Waals surface area contributed by atoms with Gasteiger partial charge in [0, 0.05) is 18.2 Å². The number of nitrogens with zero attached hydrogens (tertiary/aromatic N) is 1. The highest BCUT2D eigenvalue weighted by atomic mass is 16.6. The van der Waals surface area contributed by atoms with Crippen molar-refractivity contribution in [3.05, 3.63) is 33.9 Å². The van der Waals surface area contributed by atoms with Crippen LogP contribution in [0.1, 0.15) is 42.5 Å². The second kappa shape index (κ2) is 6.09. The number of carbonyl (C=O) groups is 1. The molecule has 21 heavy (non-hydrogen) atoms. The largest absolute Gasteiger partial charge is 0.388 e. The molecule has 7 nitrogen and oxygen atoms in total. The van der Waals surface area contributed by atoms with E-state index < -0.39 is 16.4 Å².